The molecule has 2 heterocycles. The lowest BCUT2D eigenvalue weighted by molar-refractivity contribution is 0.589. The summed E-state index contributed by atoms with van der Waals surface area (Å²) >= 11 is 0. The quantitative estimate of drug-likeness (QED) is 0.186. The highest BCUT2D eigenvalue weighted by Crippen LogP contribution is 2.44. The largest absolute Gasteiger partial charge is 0.308 e. The summed E-state index contributed by atoms with van der Waals surface area (Å²) in [6, 6.07) is 39.2. The summed E-state index contributed by atoms with van der Waals surface area (Å²) in [5.41, 5.74) is 7.32. The van der Waals surface area contributed by atoms with Crippen LogP contribution in [0.25, 0.3) is 66.1 Å². The van der Waals surface area contributed by atoms with Gasteiger partial charge < -0.3 is 9.13 Å². The van der Waals surface area contributed by atoms with Crippen LogP contribution in [0.1, 0.15) is 58.2 Å². The number of benzene rings is 6. The molecule has 0 atom stereocenters. The Kier molecular flexibility index (Phi) is 7.03. The van der Waals surface area contributed by atoms with Crippen molar-refractivity contribution in [1.29, 1.82) is 5.26 Å². The first-order chi connectivity index (χ1) is 23.9. The third-order valence-corrected chi connectivity index (χ3v) is 10.0. The van der Waals surface area contributed by atoms with E-state index in [0.717, 1.165) is 43.6 Å². The molecule has 3 nitrogen and oxygen atoms in total. The van der Waals surface area contributed by atoms with Crippen LogP contribution in [-0.2, 0) is 10.8 Å². The van der Waals surface area contributed by atoms with Crippen molar-refractivity contribution in [2.24, 2.45) is 0 Å². The SMILES string of the molecule is CC(C)(C)c1ccc2c(c1)c1ccccc1n2-c1ccc(-c2c(F)cccc2F)c(-n2c3ccccc3c3cc(C(C)(C)C)ccc32)c1C#N. The number of nitrogens with zero attached hydrogens (tertiary/aromatic N) is 3. The fraction of sp³-hybridized carbons (Fsp3) is 0.178. The lowest BCUT2D eigenvalue weighted by Crippen LogP contribution is -2.11. The van der Waals surface area contributed by atoms with E-state index < -0.39 is 11.6 Å². The smallest absolute Gasteiger partial charge is 0.134 e. The molecule has 0 spiro atoms. The maximum Gasteiger partial charge on any atom is 0.134 e. The number of hydrogen-bond acceptors (Lipinski definition) is 1. The van der Waals surface area contributed by atoms with Gasteiger partial charge in [-0.3, -0.25) is 0 Å². The second-order valence-corrected chi connectivity index (χ2v) is 15.2. The molecule has 8 rings (SSSR count). The monoisotopic (exact) mass is 657 g/mol. The molecule has 0 saturated heterocycles. The van der Waals surface area contributed by atoms with Crippen LogP contribution in [0, 0.1) is 23.0 Å². The van der Waals surface area contributed by atoms with Gasteiger partial charge >= 0.3 is 0 Å². The molecule has 0 aliphatic heterocycles. The van der Waals surface area contributed by atoms with Gasteiger partial charge in [0.1, 0.15) is 23.3 Å². The average Bonchev–Trinajstić information content (AvgIpc) is 3.59. The molecular formula is C45H37F2N3. The zero-order valence-electron chi connectivity index (χ0n) is 29.1. The molecule has 5 heteroatoms. The molecule has 6 aromatic carbocycles. The van der Waals surface area contributed by atoms with Gasteiger partial charge in [-0.1, -0.05) is 96.1 Å². The molecule has 0 saturated carbocycles. The summed E-state index contributed by atoms with van der Waals surface area (Å²) in [6.07, 6.45) is 0. The van der Waals surface area contributed by atoms with Crippen molar-refractivity contribution in [2.45, 2.75) is 52.4 Å². The van der Waals surface area contributed by atoms with Gasteiger partial charge in [0.05, 0.1) is 39.0 Å². The Hall–Kier alpha value is -5.73. The van der Waals surface area contributed by atoms with E-state index in [1.165, 1.54) is 29.3 Å². The maximum absolute atomic E-state index is 15.8. The summed E-state index contributed by atoms with van der Waals surface area (Å²) in [5.74, 6) is -1.38. The van der Waals surface area contributed by atoms with Crippen molar-refractivity contribution >= 4 is 43.6 Å². The Morgan fingerprint density at radius 2 is 1.00 bits per heavy atom. The number of hydrogen-bond donors (Lipinski definition) is 0. The normalized spacial score (nSPS) is 12.4. The lowest BCUT2D eigenvalue weighted by Gasteiger charge is -2.21. The van der Waals surface area contributed by atoms with Crippen LogP contribution in [0.3, 0.4) is 0 Å². The van der Waals surface area contributed by atoms with E-state index >= 15 is 8.78 Å². The molecule has 8 aromatic rings. The van der Waals surface area contributed by atoms with Crippen molar-refractivity contribution in [3.63, 3.8) is 0 Å². The Balaban J connectivity index is 1.55. The minimum Gasteiger partial charge on any atom is -0.308 e. The molecule has 0 bridgehead atoms. The highest BCUT2D eigenvalue weighted by molar-refractivity contribution is 6.12. The molecule has 0 amide bonds. The molecule has 0 fully saturated rings. The van der Waals surface area contributed by atoms with E-state index in [4.69, 9.17) is 0 Å². The van der Waals surface area contributed by atoms with Crippen LogP contribution in [0.15, 0.2) is 115 Å². The third kappa shape index (κ3) is 4.74. The predicted molar refractivity (Wildman–Crippen MR) is 203 cm³/mol. The van der Waals surface area contributed by atoms with Gasteiger partial charge in [0, 0.05) is 27.1 Å². The highest BCUT2D eigenvalue weighted by Gasteiger charge is 2.27. The summed E-state index contributed by atoms with van der Waals surface area (Å²) in [4.78, 5) is 0. The van der Waals surface area contributed by atoms with Crippen LogP contribution in [0.2, 0.25) is 0 Å². The van der Waals surface area contributed by atoms with Crippen LogP contribution in [-0.4, -0.2) is 9.13 Å². The summed E-state index contributed by atoms with van der Waals surface area (Å²) in [5, 5.41) is 15.4. The molecule has 50 heavy (non-hydrogen) atoms. The molecule has 0 aliphatic rings. The summed E-state index contributed by atoms with van der Waals surface area (Å²) in [6.45, 7) is 13.1. The highest BCUT2D eigenvalue weighted by atomic mass is 19.1. The fourth-order valence-corrected chi connectivity index (χ4v) is 7.45. The number of halogens is 2. The van der Waals surface area contributed by atoms with Gasteiger partial charge in [-0.25, -0.2) is 8.78 Å². The predicted octanol–water partition coefficient (Wildman–Crippen LogP) is 12.3. The average molecular weight is 658 g/mol. The fourth-order valence-electron chi connectivity index (χ4n) is 7.45. The Morgan fingerprint density at radius 3 is 1.52 bits per heavy atom. The third-order valence-electron chi connectivity index (χ3n) is 10.0. The molecule has 0 aliphatic carbocycles. The van der Waals surface area contributed by atoms with Crippen molar-refractivity contribution in [2.75, 3.05) is 0 Å². The van der Waals surface area contributed by atoms with Crippen molar-refractivity contribution in [1.82, 2.24) is 9.13 Å². The lowest BCUT2D eigenvalue weighted by atomic mass is 9.86. The Morgan fingerprint density at radius 1 is 0.520 bits per heavy atom. The first-order valence-electron chi connectivity index (χ1n) is 17.0. The zero-order valence-corrected chi connectivity index (χ0v) is 29.1. The van der Waals surface area contributed by atoms with Crippen molar-refractivity contribution in [3.8, 4) is 28.6 Å². The first kappa shape index (κ1) is 31.5. The van der Waals surface area contributed by atoms with E-state index in [1.807, 2.05) is 41.0 Å². The standard InChI is InChI=1S/C45H37F2N3/c1-44(2,3)27-18-21-39-32(24-27)29-12-7-9-16-37(29)49(39)41-23-20-31(42-35(46)14-11-15-36(42)47)43(34(41)26-48)50-38-17-10-8-13-30(38)33-25-28(45(4,5)6)19-22-40(33)50/h7-25H,1-6H3. The van der Waals surface area contributed by atoms with Gasteiger partial charge in [0.15, 0.2) is 0 Å². The number of aromatic nitrogens is 2. The second-order valence-electron chi connectivity index (χ2n) is 15.2. The molecular weight excluding hydrogens is 621 g/mol. The number of para-hydroxylation sites is 2. The number of nitriles is 1. The maximum atomic E-state index is 15.8. The summed E-state index contributed by atoms with van der Waals surface area (Å²) < 4.78 is 35.7. The topological polar surface area (TPSA) is 33.6 Å². The van der Waals surface area contributed by atoms with Crippen LogP contribution in [0.4, 0.5) is 8.78 Å². The van der Waals surface area contributed by atoms with Crippen molar-refractivity contribution < 1.29 is 8.78 Å². The Bertz CT molecular complexity index is 2690. The van der Waals surface area contributed by atoms with E-state index in [9.17, 15) is 5.26 Å². The number of fused-ring (bicyclic) bond motifs is 6. The molecule has 0 unspecified atom stereocenters. The number of rotatable bonds is 3. The van der Waals surface area contributed by atoms with E-state index in [2.05, 4.69) is 107 Å². The molecule has 2 aromatic heterocycles. The van der Waals surface area contributed by atoms with Gasteiger partial charge in [-0.2, -0.15) is 5.26 Å². The summed E-state index contributed by atoms with van der Waals surface area (Å²) in [7, 11) is 0. The van der Waals surface area contributed by atoms with Crippen LogP contribution < -0.4 is 0 Å². The van der Waals surface area contributed by atoms with E-state index in [-0.39, 0.29) is 16.4 Å². The van der Waals surface area contributed by atoms with Crippen LogP contribution in [0.5, 0.6) is 0 Å². The molecule has 0 radical (unpaired) electrons. The van der Waals surface area contributed by atoms with Gasteiger partial charge in [0.25, 0.3) is 0 Å². The second kappa shape index (κ2) is 11.1. The molecule has 246 valence electrons. The van der Waals surface area contributed by atoms with Crippen molar-refractivity contribution in [3.05, 3.63) is 144 Å². The Labute approximate surface area is 290 Å². The van der Waals surface area contributed by atoms with Gasteiger partial charge in [-0.15, -0.1) is 0 Å². The zero-order chi connectivity index (χ0) is 35.1. The van der Waals surface area contributed by atoms with Gasteiger partial charge in [-0.05, 0) is 82.6 Å². The van der Waals surface area contributed by atoms with Gasteiger partial charge in [0.2, 0.25) is 0 Å². The van der Waals surface area contributed by atoms with E-state index in [1.54, 1.807) is 6.07 Å². The first-order valence-corrected chi connectivity index (χ1v) is 17.0. The minimum atomic E-state index is -0.690. The van der Waals surface area contributed by atoms with E-state index in [0.29, 0.717) is 22.5 Å². The van der Waals surface area contributed by atoms with Crippen LogP contribution >= 0.6 is 0 Å². The minimum absolute atomic E-state index is 0.0583. The molecule has 0 N–H and O–H groups in total.